The minimum absolute atomic E-state index is 0.0165. The average molecular weight is 228 g/mol. The van der Waals surface area contributed by atoms with Gasteiger partial charge in [-0.1, -0.05) is 26.2 Å². The molecule has 0 radical (unpaired) electrons. The van der Waals surface area contributed by atoms with Gasteiger partial charge in [-0.15, -0.1) is 0 Å². The molecule has 3 N–H and O–H groups in total. The van der Waals surface area contributed by atoms with Crippen LogP contribution in [0, 0.1) is 0 Å². The zero-order chi connectivity index (χ0) is 12.0. The van der Waals surface area contributed by atoms with Crippen LogP contribution in [0.5, 0.6) is 0 Å². The van der Waals surface area contributed by atoms with Crippen molar-refractivity contribution in [2.24, 2.45) is 5.73 Å². The van der Waals surface area contributed by atoms with E-state index in [9.17, 15) is 4.79 Å². The van der Waals surface area contributed by atoms with Gasteiger partial charge in [-0.3, -0.25) is 4.79 Å². The highest BCUT2D eigenvalue weighted by molar-refractivity contribution is 5.82. The Morgan fingerprint density at radius 2 is 2.12 bits per heavy atom. The fourth-order valence-corrected chi connectivity index (χ4v) is 2.44. The molecule has 0 bridgehead atoms. The van der Waals surface area contributed by atoms with Crippen molar-refractivity contribution in [1.82, 2.24) is 4.90 Å². The van der Waals surface area contributed by atoms with Gasteiger partial charge in [0.1, 0.15) is 0 Å². The fourth-order valence-electron chi connectivity index (χ4n) is 2.44. The van der Waals surface area contributed by atoms with Crippen molar-refractivity contribution in [1.29, 1.82) is 0 Å². The zero-order valence-electron chi connectivity index (χ0n) is 10.2. The van der Waals surface area contributed by atoms with Crippen LogP contribution >= 0.6 is 0 Å². The monoisotopic (exact) mass is 228 g/mol. The summed E-state index contributed by atoms with van der Waals surface area (Å²) in [5, 5.41) is 9.02. The van der Waals surface area contributed by atoms with Crippen molar-refractivity contribution in [3.63, 3.8) is 0 Å². The third-order valence-electron chi connectivity index (χ3n) is 3.31. The Bertz CT molecular complexity index is 215. The lowest BCUT2D eigenvalue weighted by atomic mass is 10.1. The highest BCUT2D eigenvalue weighted by Crippen LogP contribution is 2.24. The van der Waals surface area contributed by atoms with E-state index in [1.165, 1.54) is 12.8 Å². The Kier molecular flexibility index (Phi) is 5.77. The lowest BCUT2D eigenvalue weighted by Crippen LogP contribution is -2.49. The molecule has 0 spiro atoms. The van der Waals surface area contributed by atoms with Gasteiger partial charge in [-0.25, -0.2) is 0 Å². The van der Waals surface area contributed by atoms with Crippen LogP contribution in [-0.4, -0.2) is 41.1 Å². The van der Waals surface area contributed by atoms with Crippen LogP contribution in [0.2, 0.25) is 0 Å². The van der Waals surface area contributed by atoms with Crippen molar-refractivity contribution in [3.8, 4) is 0 Å². The van der Waals surface area contributed by atoms with Gasteiger partial charge in [0.15, 0.2) is 0 Å². The Balaban J connectivity index is 2.56. The number of carbonyl (C=O) groups excluding carboxylic acids is 1. The van der Waals surface area contributed by atoms with Crippen molar-refractivity contribution in [3.05, 3.63) is 0 Å². The first kappa shape index (κ1) is 13.5. The molecule has 4 nitrogen and oxygen atoms in total. The highest BCUT2D eigenvalue weighted by atomic mass is 16.3. The molecule has 1 rings (SSSR count). The topological polar surface area (TPSA) is 66.6 Å². The molecule has 4 heteroatoms. The van der Waals surface area contributed by atoms with Crippen LogP contribution in [0.25, 0.3) is 0 Å². The predicted octanol–water partition coefficient (Wildman–Crippen LogP) is 0.877. The van der Waals surface area contributed by atoms with Gasteiger partial charge in [0.05, 0.1) is 12.6 Å². The second kappa shape index (κ2) is 6.86. The van der Waals surface area contributed by atoms with Crippen molar-refractivity contribution >= 4 is 5.91 Å². The van der Waals surface area contributed by atoms with E-state index in [1.54, 1.807) is 4.90 Å². The first-order valence-corrected chi connectivity index (χ1v) is 6.37. The Morgan fingerprint density at radius 3 is 2.62 bits per heavy atom. The summed E-state index contributed by atoms with van der Waals surface area (Å²) in [5.41, 5.74) is 5.85. The molecular weight excluding hydrogens is 204 g/mol. The number of nitrogens with zero attached hydrogens (tertiary/aromatic N) is 1. The van der Waals surface area contributed by atoms with Crippen LogP contribution < -0.4 is 5.73 Å². The van der Waals surface area contributed by atoms with E-state index in [-0.39, 0.29) is 12.5 Å². The third-order valence-corrected chi connectivity index (χ3v) is 3.31. The van der Waals surface area contributed by atoms with Gasteiger partial charge in [0.25, 0.3) is 0 Å². The normalized spacial score (nSPS) is 18.7. The molecule has 0 unspecified atom stereocenters. The number of hydrogen-bond acceptors (Lipinski definition) is 3. The van der Waals surface area contributed by atoms with Crippen molar-refractivity contribution in [2.45, 2.75) is 57.5 Å². The van der Waals surface area contributed by atoms with E-state index in [2.05, 4.69) is 0 Å². The molecule has 1 fully saturated rings. The first-order valence-electron chi connectivity index (χ1n) is 6.37. The molecular formula is C12H24N2O2. The Morgan fingerprint density at radius 1 is 1.50 bits per heavy atom. The second-order valence-corrected chi connectivity index (χ2v) is 4.59. The second-order valence-electron chi connectivity index (χ2n) is 4.59. The van der Waals surface area contributed by atoms with Crippen LogP contribution in [0.4, 0.5) is 0 Å². The quantitative estimate of drug-likeness (QED) is 0.709. The van der Waals surface area contributed by atoms with Crippen LogP contribution in [0.1, 0.15) is 45.4 Å². The molecule has 0 aliphatic heterocycles. The van der Waals surface area contributed by atoms with Gasteiger partial charge in [0.2, 0.25) is 5.91 Å². The molecule has 0 aromatic heterocycles. The maximum Gasteiger partial charge on any atom is 0.239 e. The van der Waals surface area contributed by atoms with Gasteiger partial charge in [-0.05, 0) is 19.3 Å². The van der Waals surface area contributed by atoms with Crippen LogP contribution in [0.3, 0.4) is 0 Å². The maximum absolute atomic E-state index is 12.1. The summed E-state index contributed by atoms with van der Waals surface area (Å²) in [6.07, 6.45) is 6.14. The predicted molar refractivity (Wildman–Crippen MR) is 63.9 cm³/mol. The summed E-state index contributed by atoms with van der Waals surface area (Å²) in [6, 6.07) is -0.0836. The minimum atomic E-state index is -0.392. The maximum atomic E-state index is 12.1. The van der Waals surface area contributed by atoms with Gasteiger partial charge in [-0.2, -0.15) is 0 Å². The van der Waals surface area contributed by atoms with E-state index < -0.39 is 6.04 Å². The highest BCUT2D eigenvalue weighted by Gasteiger charge is 2.28. The molecule has 16 heavy (non-hydrogen) atoms. The smallest absolute Gasteiger partial charge is 0.239 e. The number of carbonyl (C=O) groups is 1. The summed E-state index contributed by atoms with van der Waals surface area (Å²) in [5.74, 6) is 0.0165. The zero-order valence-corrected chi connectivity index (χ0v) is 10.2. The number of rotatable bonds is 6. The van der Waals surface area contributed by atoms with E-state index in [0.29, 0.717) is 12.6 Å². The Labute approximate surface area is 97.8 Å². The third kappa shape index (κ3) is 3.46. The molecule has 1 aliphatic carbocycles. The van der Waals surface area contributed by atoms with Crippen molar-refractivity contribution < 1.29 is 9.90 Å². The van der Waals surface area contributed by atoms with Crippen LogP contribution in [0.15, 0.2) is 0 Å². The number of aliphatic hydroxyl groups is 1. The summed E-state index contributed by atoms with van der Waals surface area (Å²) in [7, 11) is 0. The molecule has 0 saturated heterocycles. The van der Waals surface area contributed by atoms with Crippen LogP contribution in [-0.2, 0) is 4.79 Å². The lowest BCUT2D eigenvalue weighted by molar-refractivity contribution is -0.135. The minimum Gasteiger partial charge on any atom is -0.395 e. The largest absolute Gasteiger partial charge is 0.395 e. The summed E-state index contributed by atoms with van der Waals surface area (Å²) in [4.78, 5) is 13.9. The SMILES string of the molecule is CCC[C@H](N)C(=O)N(CCO)C1CCCC1. The number of nitrogens with two attached hydrogens (primary N) is 1. The van der Waals surface area contributed by atoms with E-state index in [0.717, 1.165) is 25.7 Å². The van der Waals surface area contributed by atoms with Crippen molar-refractivity contribution in [2.75, 3.05) is 13.2 Å². The van der Waals surface area contributed by atoms with E-state index in [4.69, 9.17) is 10.8 Å². The molecule has 94 valence electrons. The number of amides is 1. The van der Waals surface area contributed by atoms with Gasteiger partial charge in [0, 0.05) is 12.6 Å². The Hall–Kier alpha value is -0.610. The summed E-state index contributed by atoms with van der Waals surface area (Å²) >= 11 is 0. The molecule has 1 amide bonds. The molecule has 0 heterocycles. The average Bonchev–Trinajstić information content (AvgIpc) is 2.78. The summed E-state index contributed by atoms with van der Waals surface area (Å²) < 4.78 is 0. The molecule has 0 aromatic carbocycles. The molecule has 0 aromatic rings. The first-order chi connectivity index (χ1) is 7.70. The van der Waals surface area contributed by atoms with E-state index >= 15 is 0 Å². The van der Waals surface area contributed by atoms with E-state index in [1.807, 2.05) is 6.92 Å². The fraction of sp³-hybridized carbons (Fsp3) is 0.917. The van der Waals surface area contributed by atoms with Gasteiger partial charge >= 0.3 is 0 Å². The number of hydrogen-bond donors (Lipinski definition) is 2. The molecule has 1 saturated carbocycles. The standard InChI is InChI=1S/C12H24N2O2/c1-2-5-11(13)12(16)14(8-9-15)10-6-3-4-7-10/h10-11,15H,2-9,13H2,1H3/t11-/m0/s1. The molecule has 1 atom stereocenters. The lowest BCUT2D eigenvalue weighted by Gasteiger charge is -2.30. The number of aliphatic hydroxyl groups excluding tert-OH is 1. The van der Waals surface area contributed by atoms with Gasteiger partial charge < -0.3 is 15.7 Å². The summed E-state index contributed by atoms with van der Waals surface area (Å²) in [6.45, 7) is 2.49. The molecule has 1 aliphatic rings.